The quantitative estimate of drug-likeness (QED) is 0.720. The summed E-state index contributed by atoms with van der Waals surface area (Å²) in [5.41, 5.74) is 6.89. The summed E-state index contributed by atoms with van der Waals surface area (Å²) in [6.07, 6.45) is 4.50. The van der Waals surface area contributed by atoms with Crippen LogP contribution in [-0.4, -0.2) is 19.2 Å². The van der Waals surface area contributed by atoms with Gasteiger partial charge in [0.15, 0.2) is 0 Å². The van der Waals surface area contributed by atoms with Crippen LogP contribution < -0.4 is 21.1 Å². The molecule has 98 valence electrons. The van der Waals surface area contributed by atoms with Crippen molar-refractivity contribution in [3.63, 3.8) is 0 Å². The van der Waals surface area contributed by atoms with Crippen molar-refractivity contribution in [2.24, 2.45) is 0 Å². The number of amides is 2. The summed E-state index contributed by atoms with van der Waals surface area (Å²) in [5, 5.41) is 5.74. The van der Waals surface area contributed by atoms with E-state index in [-0.39, 0.29) is 6.03 Å². The number of methoxy groups -OCH3 is 1. The molecule has 1 aliphatic rings. The zero-order chi connectivity index (χ0) is 13.0. The van der Waals surface area contributed by atoms with Gasteiger partial charge in [0.1, 0.15) is 5.75 Å². The standard InChI is InChI=1S/C13H19N3O2/c1-18-12-8-9(14)6-7-11(12)16-13(17)15-10-4-2-3-5-10/h6-8,10H,2-5,14H2,1H3,(H2,15,16,17). The van der Waals surface area contributed by atoms with Crippen molar-refractivity contribution < 1.29 is 9.53 Å². The lowest BCUT2D eigenvalue weighted by Gasteiger charge is -2.15. The van der Waals surface area contributed by atoms with Gasteiger partial charge in [0, 0.05) is 17.8 Å². The Kier molecular flexibility index (Phi) is 3.92. The van der Waals surface area contributed by atoms with Crippen LogP contribution in [0, 0.1) is 0 Å². The molecule has 0 aromatic heterocycles. The second kappa shape index (κ2) is 5.62. The maximum Gasteiger partial charge on any atom is 0.319 e. The summed E-state index contributed by atoms with van der Waals surface area (Å²) in [7, 11) is 1.55. The van der Waals surface area contributed by atoms with Crippen LogP contribution in [0.15, 0.2) is 18.2 Å². The molecule has 1 aliphatic carbocycles. The Bertz CT molecular complexity index is 428. The van der Waals surface area contributed by atoms with E-state index in [1.165, 1.54) is 12.8 Å². The molecule has 0 saturated heterocycles. The van der Waals surface area contributed by atoms with E-state index in [0.717, 1.165) is 12.8 Å². The fourth-order valence-electron chi connectivity index (χ4n) is 2.23. The van der Waals surface area contributed by atoms with Gasteiger partial charge in [-0.15, -0.1) is 0 Å². The molecule has 5 nitrogen and oxygen atoms in total. The largest absolute Gasteiger partial charge is 0.494 e. The van der Waals surface area contributed by atoms with Crippen molar-refractivity contribution in [3.05, 3.63) is 18.2 Å². The molecule has 0 unspecified atom stereocenters. The van der Waals surface area contributed by atoms with Gasteiger partial charge in [-0.3, -0.25) is 0 Å². The highest BCUT2D eigenvalue weighted by atomic mass is 16.5. The molecular weight excluding hydrogens is 230 g/mol. The molecule has 4 N–H and O–H groups in total. The Morgan fingerprint density at radius 3 is 2.78 bits per heavy atom. The zero-order valence-corrected chi connectivity index (χ0v) is 10.5. The number of anilines is 2. The highest BCUT2D eigenvalue weighted by Crippen LogP contribution is 2.26. The zero-order valence-electron chi connectivity index (χ0n) is 10.5. The normalized spacial score (nSPS) is 15.4. The summed E-state index contributed by atoms with van der Waals surface area (Å²) in [4.78, 5) is 11.8. The number of hydrogen-bond acceptors (Lipinski definition) is 3. The Morgan fingerprint density at radius 2 is 2.11 bits per heavy atom. The van der Waals surface area contributed by atoms with Crippen molar-refractivity contribution in [1.29, 1.82) is 0 Å². The molecule has 0 heterocycles. The smallest absolute Gasteiger partial charge is 0.319 e. The first-order valence-electron chi connectivity index (χ1n) is 6.20. The third kappa shape index (κ3) is 3.06. The van der Waals surface area contributed by atoms with E-state index in [1.807, 2.05) is 0 Å². The van der Waals surface area contributed by atoms with Gasteiger partial charge in [-0.2, -0.15) is 0 Å². The molecule has 0 atom stereocenters. The Morgan fingerprint density at radius 1 is 1.39 bits per heavy atom. The predicted octanol–water partition coefficient (Wildman–Crippen LogP) is 2.34. The minimum absolute atomic E-state index is 0.190. The number of rotatable bonds is 3. The topological polar surface area (TPSA) is 76.4 Å². The van der Waals surface area contributed by atoms with Gasteiger partial charge in [0.2, 0.25) is 0 Å². The SMILES string of the molecule is COc1cc(N)ccc1NC(=O)NC1CCCC1. The number of nitrogens with one attached hydrogen (secondary N) is 2. The molecule has 1 aromatic carbocycles. The lowest BCUT2D eigenvalue weighted by atomic mass is 10.2. The van der Waals surface area contributed by atoms with E-state index >= 15 is 0 Å². The number of carbonyl (C=O) groups is 1. The molecule has 0 bridgehead atoms. The average molecular weight is 249 g/mol. The lowest BCUT2D eigenvalue weighted by Crippen LogP contribution is -2.36. The van der Waals surface area contributed by atoms with Crippen molar-refractivity contribution in [2.75, 3.05) is 18.2 Å². The number of benzene rings is 1. The maximum absolute atomic E-state index is 11.8. The van der Waals surface area contributed by atoms with Crippen LogP contribution in [0.3, 0.4) is 0 Å². The van der Waals surface area contributed by atoms with Crippen LogP contribution >= 0.6 is 0 Å². The van der Waals surface area contributed by atoms with E-state index < -0.39 is 0 Å². The van der Waals surface area contributed by atoms with Gasteiger partial charge < -0.3 is 21.1 Å². The van der Waals surface area contributed by atoms with E-state index in [1.54, 1.807) is 25.3 Å². The molecular formula is C13H19N3O2. The predicted molar refractivity (Wildman–Crippen MR) is 71.8 cm³/mol. The van der Waals surface area contributed by atoms with Gasteiger partial charge in [-0.25, -0.2) is 4.79 Å². The first kappa shape index (κ1) is 12.5. The third-order valence-corrected chi connectivity index (χ3v) is 3.16. The summed E-state index contributed by atoms with van der Waals surface area (Å²) in [6, 6.07) is 5.26. The Balaban J connectivity index is 1.97. The highest BCUT2D eigenvalue weighted by molar-refractivity contribution is 5.91. The fraction of sp³-hybridized carbons (Fsp3) is 0.462. The number of nitrogen functional groups attached to an aromatic ring is 1. The second-order valence-corrected chi connectivity index (χ2v) is 4.54. The van der Waals surface area contributed by atoms with Gasteiger partial charge in [-0.05, 0) is 25.0 Å². The molecule has 2 amide bonds. The number of nitrogens with two attached hydrogens (primary N) is 1. The number of ether oxygens (including phenoxy) is 1. The summed E-state index contributed by atoms with van der Waals surface area (Å²) in [5.74, 6) is 0.566. The number of urea groups is 1. The van der Waals surface area contributed by atoms with E-state index in [9.17, 15) is 4.79 Å². The minimum atomic E-state index is -0.190. The van der Waals surface area contributed by atoms with Crippen LogP contribution in [0.1, 0.15) is 25.7 Å². The highest BCUT2D eigenvalue weighted by Gasteiger charge is 2.17. The Hall–Kier alpha value is -1.91. The fourth-order valence-corrected chi connectivity index (χ4v) is 2.23. The molecule has 1 aromatic rings. The lowest BCUT2D eigenvalue weighted by molar-refractivity contribution is 0.248. The van der Waals surface area contributed by atoms with Crippen LogP contribution in [-0.2, 0) is 0 Å². The van der Waals surface area contributed by atoms with Crippen molar-refractivity contribution >= 4 is 17.4 Å². The second-order valence-electron chi connectivity index (χ2n) is 4.54. The minimum Gasteiger partial charge on any atom is -0.494 e. The molecule has 2 rings (SSSR count). The molecule has 0 radical (unpaired) electrons. The van der Waals surface area contributed by atoms with E-state index in [2.05, 4.69) is 10.6 Å². The maximum atomic E-state index is 11.8. The van der Waals surface area contributed by atoms with Gasteiger partial charge in [0.25, 0.3) is 0 Å². The summed E-state index contributed by atoms with van der Waals surface area (Å²) in [6.45, 7) is 0. The Labute approximate surface area is 107 Å². The molecule has 1 saturated carbocycles. The number of hydrogen-bond donors (Lipinski definition) is 3. The van der Waals surface area contributed by atoms with Gasteiger partial charge in [0.05, 0.1) is 12.8 Å². The summed E-state index contributed by atoms with van der Waals surface area (Å²) < 4.78 is 5.17. The number of carbonyl (C=O) groups excluding carboxylic acids is 1. The van der Waals surface area contributed by atoms with Crippen molar-refractivity contribution in [3.8, 4) is 5.75 Å². The third-order valence-electron chi connectivity index (χ3n) is 3.16. The molecule has 0 spiro atoms. The van der Waals surface area contributed by atoms with Gasteiger partial charge >= 0.3 is 6.03 Å². The van der Waals surface area contributed by atoms with Gasteiger partial charge in [-0.1, -0.05) is 12.8 Å². The average Bonchev–Trinajstić information content (AvgIpc) is 2.84. The van der Waals surface area contributed by atoms with E-state index in [4.69, 9.17) is 10.5 Å². The monoisotopic (exact) mass is 249 g/mol. The van der Waals surface area contributed by atoms with E-state index in [0.29, 0.717) is 23.2 Å². The van der Waals surface area contributed by atoms with Crippen LogP contribution in [0.2, 0.25) is 0 Å². The molecule has 1 fully saturated rings. The van der Waals surface area contributed by atoms with Crippen LogP contribution in [0.4, 0.5) is 16.2 Å². The van der Waals surface area contributed by atoms with Crippen molar-refractivity contribution in [2.45, 2.75) is 31.7 Å². The molecule has 0 aliphatic heterocycles. The first-order chi connectivity index (χ1) is 8.69. The van der Waals surface area contributed by atoms with Crippen LogP contribution in [0.25, 0.3) is 0 Å². The summed E-state index contributed by atoms with van der Waals surface area (Å²) >= 11 is 0. The van der Waals surface area contributed by atoms with Crippen LogP contribution in [0.5, 0.6) is 5.75 Å². The van der Waals surface area contributed by atoms with Crippen molar-refractivity contribution in [1.82, 2.24) is 5.32 Å². The first-order valence-corrected chi connectivity index (χ1v) is 6.20. The molecule has 18 heavy (non-hydrogen) atoms. The molecule has 5 heteroatoms.